The fourth-order valence-electron chi connectivity index (χ4n) is 3.68. The second-order valence-electron chi connectivity index (χ2n) is 7.07. The number of pyridine rings is 1. The van der Waals surface area contributed by atoms with Gasteiger partial charge in [-0.15, -0.1) is 0 Å². The molecule has 0 spiro atoms. The van der Waals surface area contributed by atoms with Gasteiger partial charge in [0.2, 0.25) is 0 Å². The predicted octanol–water partition coefficient (Wildman–Crippen LogP) is 4.76. The highest BCUT2D eigenvalue weighted by atomic mass is 19.1. The van der Waals surface area contributed by atoms with Crippen LogP contribution in [0.3, 0.4) is 0 Å². The van der Waals surface area contributed by atoms with Crippen molar-refractivity contribution < 1.29 is 4.39 Å². The Kier molecular flexibility index (Phi) is 3.82. The normalized spacial score (nSPS) is 11.4. The molecule has 7 nitrogen and oxygen atoms in total. The monoisotopic (exact) mass is 407 g/mol. The minimum Gasteiger partial charge on any atom is -0.337 e. The molecule has 0 unspecified atom stereocenters. The van der Waals surface area contributed by atoms with E-state index >= 15 is 0 Å². The van der Waals surface area contributed by atoms with Gasteiger partial charge in [0.25, 0.3) is 0 Å². The summed E-state index contributed by atoms with van der Waals surface area (Å²) < 4.78 is 13.4. The van der Waals surface area contributed by atoms with Crippen LogP contribution in [0.15, 0.2) is 73.3 Å². The summed E-state index contributed by atoms with van der Waals surface area (Å²) in [6.45, 7) is 0. The number of hydrogen-bond acceptors (Lipinski definition) is 5. The molecule has 2 aromatic carbocycles. The lowest BCUT2D eigenvalue weighted by Gasteiger charge is -2.02. The summed E-state index contributed by atoms with van der Waals surface area (Å²) in [4.78, 5) is 21.1. The third kappa shape index (κ3) is 2.93. The van der Waals surface area contributed by atoms with Crippen LogP contribution in [-0.4, -0.2) is 35.1 Å². The van der Waals surface area contributed by atoms with Crippen molar-refractivity contribution >= 4 is 21.9 Å². The number of fused-ring (bicyclic) bond motifs is 2. The number of hydrogen-bond donors (Lipinski definition) is 2. The van der Waals surface area contributed by atoms with Crippen molar-refractivity contribution in [1.29, 1.82) is 0 Å². The van der Waals surface area contributed by atoms with E-state index < -0.39 is 0 Å². The number of aromatic nitrogens is 7. The van der Waals surface area contributed by atoms with E-state index in [1.165, 1.54) is 12.1 Å². The van der Waals surface area contributed by atoms with Gasteiger partial charge in [-0.3, -0.25) is 20.1 Å². The van der Waals surface area contributed by atoms with Gasteiger partial charge in [0.05, 0.1) is 34.6 Å². The number of para-hydroxylation sites is 1. The molecule has 0 aliphatic rings. The van der Waals surface area contributed by atoms with Crippen LogP contribution in [0.1, 0.15) is 0 Å². The third-order valence-corrected chi connectivity index (χ3v) is 5.17. The van der Waals surface area contributed by atoms with Gasteiger partial charge in [-0.2, -0.15) is 5.10 Å². The molecule has 8 heteroatoms. The van der Waals surface area contributed by atoms with Gasteiger partial charge in [0, 0.05) is 23.3 Å². The molecule has 0 fully saturated rings. The zero-order valence-electron chi connectivity index (χ0n) is 16.0. The standard InChI is InChI=1S/C23H14FN7/c24-14-6-4-13(5-7-14)15-2-1-3-17-21(15)29-23(28-17)22-16-10-18(20-11-25-8-9-26-20)27-12-19(16)30-31-22/h1-12H,(H,28,29)(H,30,31). The molecule has 0 bridgehead atoms. The highest BCUT2D eigenvalue weighted by molar-refractivity contribution is 5.97. The van der Waals surface area contributed by atoms with Crippen LogP contribution < -0.4 is 0 Å². The summed E-state index contributed by atoms with van der Waals surface area (Å²) in [5, 5.41) is 8.35. The Bertz CT molecular complexity index is 1540. The van der Waals surface area contributed by atoms with Crippen molar-refractivity contribution in [3.63, 3.8) is 0 Å². The van der Waals surface area contributed by atoms with Crippen molar-refractivity contribution in [3.8, 4) is 34.0 Å². The first-order chi connectivity index (χ1) is 15.3. The molecule has 31 heavy (non-hydrogen) atoms. The first kappa shape index (κ1) is 17.4. The Balaban J connectivity index is 1.51. The van der Waals surface area contributed by atoms with Gasteiger partial charge in [0.1, 0.15) is 17.2 Å². The number of H-pyrrole nitrogens is 2. The molecule has 6 aromatic rings. The highest BCUT2D eigenvalue weighted by Gasteiger charge is 2.16. The van der Waals surface area contributed by atoms with E-state index in [0.29, 0.717) is 22.9 Å². The molecule has 0 atom stereocenters. The summed E-state index contributed by atoms with van der Waals surface area (Å²) in [7, 11) is 0. The fraction of sp³-hybridized carbons (Fsp3) is 0. The van der Waals surface area contributed by atoms with Crippen molar-refractivity contribution in [1.82, 2.24) is 35.1 Å². The summed E-state index contributed by atoms with van der Waals surface area (Å²) >= 11 is 0. The average Bonchev–Trinajstić information content (AvgIpc) is 3.43. The number of aromatic amines is 2. The molecular weight excluding hydrogens is 393 g/mol. The summed E-state index contributed by atoms with van der Waals surface area (Å²) in [5.74, 6) is 0.362. The van der Waals surface area contributed by atoms with Crippen LogP contribution in [-0.2, 0) is 0 Å². The predicted molar refractivity (Wildman–Crippen MR) is 115 cm³/mol. The van der Waals surface area contributed by atoms with Crippen LogP contribution in [0, 0.1) is 5.82 Å². The van der Waals surface area contributed by atoms with E-state index in [4.69, 9.17) is 4.98 Å². The van der Waals surface area contributed by atoms with E-state index in [1.807, 2.05) is 24.3 Å². The molecule has 148 valence electrons. The molecule has 0 aliphatic carbocycles. The van der Waals surface area contributed by atoms with Crippen LogP contribution >= 0.6 is 0 Å². The number of rotatable bonds is 3. The third-order valence-electron chi connectivity index (χ3n) is 5.17. The zero-order valence-corrected chi connectivity index (χ0v) is 16.0. The van der Waals surface area contributed by atoms with Gasteiger partial charge >= 0.3 is 0 Å². The number of benzene rings is 2. The lowest BCUT2D eigenvalue weighted by atomic mass is 10.0. The maximum absolute atomic E-state index is 13.4. The van der Waals surface area contributed by atoms with Crippen molar-refractivity contribution in [2.75, 3.05) is 0 Å². The Morgan fingerprint density at radius 2 is 1.74 bits per heavy atom. The van der Waals surface area contributed by atoms with Crippen LogP contribution in [0.4, 0.5) is 4.39 Å². The number of imidazole rings is 1. The molecule has 0 radical (unpaired) electrons. The Morgan fingerprint density at radius 1 is 0.839 bits per heavy atom. The Labute approximate surface area is 175 Å². The second-order valence-corrected chi connectivity index (χ2v) is 7.07. The minimum absolute atomic E-state index is 0.269. The quantitative estimate of drug-likeness (QED) is 0.441. The molecule has 6 rings (SSSR count). The largest absolute Gasteiger partial charge is 0.337 e. The van der Waals surface area contributed by atoms with Gasteiger partial charge < -0.3 is 4.98 Å². The van der Waals surface area contributed by atoms with Gasteiger partial charge in [0.15, 0.2) is 5.82 Å². The molecule has 0 saturated carbocycles. The summed E-state index contributed by atoms with van der Waals surface area (Å²) in [5.41, 5.74) is 6.34. The van der Waals surface area contributed by atoms with Gasteiger partial charge in [-0.25, -0.2) is 9.37 Å². The van der Waals surface area contributed by atoms with E-state index in [9.17, 15) is 4.39 Å². The second kappa shape index (κ2) is 6.81. The first-order valence-electron chi connectivity index (χ1n) is 9.62. The topological polar surface area (TPSA) is 96.0 Å². The van der Waals surface area contributed by atoms with Gasteiger partial charge in [-0.05, 0) is 29.8 Å². The highest BCUT2D eigenvalue weighted by Crippen LogP contribution is 2.32. The van der Waals surface area contributed by atoms with Crippen LogP contribution in [0.2, 0.25) is 0 Å². The maximum Gasteiger partial charge on any atom is 0.159 e. The fourth-order valence-corrected chi connectivity index (χ4v) is 3.68. The van der Waals surface area contributed by atoms with Crippen molar-refractivity contribution in [2.24, 2.45) is 0 Å². The Morgan fingerprint density at radius 3 is 2.58 bits per heavy atom. The number of nitrogens with one attached hydrogen (secondary N) is 2. The van der Waals surface area contributed by atoms with Crippen LogP contribution in [0.5, 0.6) is 0 Å². The molecule has 4 heterocycles. The van der Waals surface area contributed by atoms with E-state index in [1.54, 1.807) is 36.9 Å². The Hall–Kier alpha value is -4.46. The first-order valence-corrected chi connectivity index (χ1v) is 9.62. The molecule has 4 aromatic heterocycles. The SMILES string of the molecule is Fc1ccc(-c2cccc3[nH]c(-c4n[nH]c5cnc(-c6cnccn6)cc45)nc23)cc1. The molecular formula is C23H14FN7. The molecule has 0 amide bonds. The molecule has 2 N–H and O–H groups in total. The van der Waals surface area contributed by atoms with Gasteiger partial charge in [-0.1, -0.05) is 24.3 Å². The summed E-state index contributed by atoms with van der Waals surface area (Å²) in [6.07, 6.45) is 6.65. The number of nitrogens with zero attached hydrogens (tertiary/aromatic N) is 5. The maximum atomic E-state index is 13.4. The smallest absolute Gasteiger partial charge is 0.159 e. The lowest BCUT2D eigenvalue weighted by Crippen LogP contribution is -1.88. The van der Waals surface area contributed by atoms with E-state index in [2.05, 4.69) is 30.1 Å². The van der Waals surface area contributed by atoms with Crippen LogP contribution in [0.25, 0.3) is 56.0 Å². The van der Waals surface area contributed by atoms with Crippen molar-refractivity contribution in [2.45, 2.75) is 0 Å². The average molecular weight is 407 g/mol. The zero-order chi connectivity index (χ0) is 20.8. The summed E-state index contributed by atoms with van der Waals surface area (Å²) in [6, 6.07) is 14.2. The molecule has 0 aliphatic heterocycles. The minimum atomic E-state index is -0.269. The van der Waals surface area contributed by atoms with E-state index in [0.717, 1.165) is 33.1 Å². The van der Waals surface area contributed by atoms with Crippen molar-refractivity contribution in [3.05, 3.63) is 79.1 Å². The number of halogens is 1. The lowest BCUT2D eigenvalue weighted by molar-refractivity contribution is 0.628. The molecule has 0 saturated heterocycles. The van der Waals surface area contributed by atoms with E-state index in [-0.39, 0.29) is 5.82 Å².